The number of para-hydroxylation sites is 1. The number of ether oxygens (including phenoxy) is 1. The largest absolute Gasteiger partial charge is 0.483 e. The molecule has 4 rings (SSSR count). The van der Waals surface area contributed by atoms with Gasteiger partial charge < -0.3 is 4.74 Å². The molecule has 1 aromatic carbocycles. The van der Waals surface area contributed by atoms with Crippen LogP contribution in [0, 0.1) is 34.9 Å². The van der Waals surface area contributed by atoms with Gasteiger partial charge in [0.2, 0.25) is 0 Å². The third-order valence-electron chi connectivity index (χ3n) is 6.66. The number of rotatable bonds is 10. The first-order valence-corrected chi connectivity index (χ1v) is 12.0. The van der Waals surface area contributed by atoms with E-state index in [-0.39, 0.29) is 18.2 Å². The zero-order chi connectivity index (χ0) is 20.9. The van der Waals surface area contributed by atoms with Gasteiger partial charge in [0.25, 0.3) is 0 Å². The fraction of sp³-hybridized carbons (Fsp3) is 0.609. The van der Waals surface area contributed by atoms with Crippen LogP contribution >= 0.6 is 11.8 Å². The molecule has 2 fully saturated rings. The van der Waals surface area contributed by atoms with Gasteiger partial charge in [-0.15, -0.1) is 10.2 Å². The summed E-state index contributed by atoms with van der Waals surface area (Å²) in [5, 5.41) is 18.5. The van der Waals surface area contributed by atoms with Gasteiger partial charge in [-0.2, -0.15) is 5.26 Å². The maximum absolute atomic E-state index is 14.0. The average Bonchev–Trinajstić information content (AvgIpc) is 3.48. The Hall–Kier alpha value is -2.07. The second kappa shape index (κ2) is 9.82. The Morgan fingerprint density at radius 3 is 2.87 bits per heavy atom. The van der Waals surface area contributed by atoms with E-state index in [1.807, 2.05) is 0 Å². The summed E-state index contributed by atoms with van der Waals surface area (Å²) in [5.74, 6) is 3.86. The first-order chi connectivity index (χ1) is 14.7. The van der Waals surface area contributed by atoms with Crippen LogP contribution in [0.5, 0.6) is 5.75 Å². The summed E-state index contributed by atoms with van der Waals surface area (Å²) in [5.41, 5.74) is 0. The molecule has 0 radical (unpaired) electrons. The van der Waals surface area contributed by atoms with Crippen molar-refractivity contribution in [3.8, 4) is 11.8 Å². The lowest BCUT2D eigenvalue weighted by Gasteiger charge is -2.30. The van der Waals surface area contributed by atoms with Crippen molar-refractivity contribution >= 4 is 11.8 Å². The maximum Gasteiger partial charge on any atom is 0.191 e. The number of aromatic nitrogens is 3. The Labute approximate surface area is 182 Å². The Kier molecular flexibility index (Phi) is 6.93. The number of benzene rings is 1. The van der Waals surface area contributed by atoms with Gasteiger partial charge in [0.1, 0.15) is 6.61 Å². The SMILES string of the molecule is C[C@H]([C@@H]1C[C@H]2CC[C@H]1C2)n1c(COc2ccccc2F)nnc1SCCCCC#N. The van der Waals surface area contributed by atoms with Crippen LogP contribution in [0.3, 0.4) is 0 Å². The normalized spacial score (nSPS) is 23.4. The molecule has 160 valence electrons. The van der Waals surface area contributed by atoms with Crippen LogP contribution in [-0.4, -0.2) is 20.5 Å². The third-order valence-corrected chi connectivity index (χ3v) is 7.69. The molecule has 0 unspecified atom stereocenters. The van der Waals surface area contributed by atoms with Crippen molar-refractivity contribution in [3.05, 3.63) is 35.9 Å². The minimum Gasteiger partial charge on any atom is -0.483 e. The number of fused-ring (bicyclic) bond motifs is 2. The lowest BCUT2D eigenvalue weighted by molar-refractivity contribution is 0.215. The van der Waals surface area contributed by atoms with E-state index in [1.165, 1.54) is 31.7 Å². The molecule has 1 aromatic heterocycles. The highest BCUT2D eigenvalue weighted by Gasteiger charge is 2.43. The highest BCUT2D eigenvalue weighted by atomic mass is 32.2. The molecular weight excluding hydrogens is 399 g/mol. The quantitative estimate of drug-likeness (QED) is 0.354. The molecule has 2 aromatic rings. The van der Waals surface area contributed by atoms with Crippen LogP contribution in [0.15, 0.2) is 29.4 Å². The summed E-state index contributed by atoms with van der Waals surface area (Å²) < 4.78 is 22.0. The Balaban J connectivity index is 1.50. The summed E-state index contributed by atoms with van der Waals surface area (Å²) in [7, 11) is 0. The standard InChI is InChI=1S/C23H29FN4OS/c1-16(19-14-17-9-10-18(19)13-17)28-22(15-29-21-8-4-3-7-20(21)24)26-27-23(28)30-12-6-2-5-11-25/h3-4,7-8,16-19H,2,5-6,9-10,12-15H2,1H3/t16-,17+,18+,19+/m1/s1. The highest BCUT2D eigenvalue weighted by Crippen LogP contribution is 2.52. The molecule has 4 atom stereocenters. The lowest BCUT2D eigenvalue weighted by Crippen LogP contribution is -2.24. The van der Waals surface area contributed by atoms with Crippen LogP contribution in [0.2, 0.25) is 0 Å². The maximum atomic E-state index is 14.0. The van der Waals surface area contributed by atoms with Crippen LogP contribution < -0.4 is 4.74 Å². The number of hydrogen-bond donors (Lipinski definition) is 0. The molecule has 2 aliphatic carbocycles. The molecule has 0 spiro atoms. The smallest absolute Gasteiger partial charge is 0.191 e. The first kappa shape index (κ1) is 21.2. The topological polar surface area (TPSA) is 63.7 Å². The minimum atomic E-state index is -0.364. The Morgan fingerprint density at radius 2 is 2.13 bits per heavy atom. The van der Waals surface area contributed by atoms with Gasteiger partial charge in [-0.05, 0) is 68.9 Å². The van der Waals surface area contributed by atoms with E-state index in [4.69, 9.17) is 10.00 Å². The van der Waals surface area contributed by atoms with E-state index in [2.05, 4.69) is 27.8 Å². The third kappa shape index (κ3) is 4.64. The summed E-state index contributed by atoms with van der Waals surface area (Å²) in [6.45, 7) is 2.48. The fourth-order valence-corrected chi connectivity index (χ4v) is 6.20. The van der Waals surface area contributed by atoms with E-state index < -0.39 is 0 Å². The van der Waals surface area contributed by atoms with Crippen LogP contribution in [-0.2, 0) is 6.61 Å². The molecule has 0 amide bonds. The molecule has 0 aliphatic heterocycles. The summed E-state index contributed by atoms with van der Waals surface area (Å²) in [6, 6.07) is 8.97. The Morgan fingerprint density at radius 1 is 1.27 bits per heavy atom. The number of halogens is 1. The van der Waals surface area contributed by atoms with Crippen molar-refractivity contribution in [2.24, 2.45) is 17.8 Å². The van der Waals surface area contributed by atoms with E-state index >= 15 is 0 Å². The summed E-state index contributed by atoms with van der Waals surface area (Å²) in [6.07, 6.45) is 7.83. The van der Waals surface area contributed by atoms with Crippen LogP contribution in [0.25, 0.3) is 0 Å². The van der Waals surface area contributed by atoms with Crippen LogP contribution in [0.4, 0.5) is 4.39 Å². The van der Waals surface area contributed by atoms with E-state index in [1.54, 1.807) is 30.0 Å². The molecule has 2 aliphatic rings. The molecule has 0 saturated heterocycles. The molecule has 2 saturated carbocycles. The molecule has 0 N–H and O–H groups in total. The van der Waals surface area contributed by atoms with Crippen molar-refractivity contribution in [2.75, 3.05) is 5.75 Å². The van der Waals surface area contributed by atoms with Gasteiger partial charge in [0.05, 0.1) is 6.07 Å². The zero-order valence-electron chi connectivity index (χ0n) is 17.5. The molecule has 5 nitrogen and oxygen atoms in total. The van der Waals surface area contributed by atoms with Gasteiger partial charge in [0, 0.05) is 18.2 Å². The van der Waals surface area contributed by atoms with Crippen LogP contribution in [0.1, 0.15) is 63.7 Å². The van der Waals surface area contributed by atoms with E-state index in [0.29, 0.717) is 18.4 Å². The predicted octanol–water partition coefficient (Wildman–Crippen LogP) is 5.78. The minimum absolute atomic E-state index is 0.202. The fourth-order valence-electron chi connectivity index (χ4n) is 5.16. The second-order valence-electron chi connectivity index (χ2n) is 8.53. The molecule has 30 heavy (non-hydrogen) atoms. The van der Waals surface area contributed by atoms with Gasteiger partial charge in [-0.25, -0.2) is 4.39 Å². The Bertz CT molecular complexity index is 896. The monoisotopic (exact) mass is 428 g/mol. The van der Waals surface area contributed by atoms with Crippen molar-refractivity contribution in [1.29, 1.82) is 5.26 Å². The van der Waals surface area contributed by atoms with Gasteiger partial charge >= 0.3 is 0 Å². The highest BCUT2D eigenvalue weighted by molar-refractivity contribution is 7.99. The van der Waals surface area contributed by atoms with Gasteiger partial charge in [-0.3, -0.25) is 4.57 Å². The summed E-state index contributed by atoms with van der Waals surface area (Å²) >= 11 is 1.70. The zero-order valence-corrected chi connectivity index (χ0v) is 18.3. The number of nitriles is 1. The van der Waals surface area contributed by atoms with Gasteiger partial charge in [-0.1, -0.05) is 30.3 Å². The molecule has 2 bridgehead atoms. The van der Waals surface area contributed by atoms with Crippen molar-refractivity contribution in [3.63, 3.8) is 0 Å². The van der Waals surface area contributed by atoms with E-state index in [9.17, 15) is 4.39 Å². The predicted molar refractivity (Wildman–Crippen MR) is 115 cm³/mol. The molecule has 1 heterocycles. The number of hydrogen-bond acceptors (Lipinski definition) is 5. The number of nitrogens with zero attached hydrogens (tertiary/aromatic N) is 4. The van der Waals surface area contributed by atoms with Gasteiger partial charge in [0.15, 0.2) is 22.5 Å². The number of unbranched alkanes of at least 4 members (excludes halogenated alkanes) is 2. The molecule has 7 heteroatoms. The van der Waals surface area contributed by atoms with Crippen molar-refractivity contribution in [1.82, 2.24) is 14.8 Å². The second-order valence-corrected chi connectivity index (χ2v) is 9.59. The average molecular weight is 429 g/mol. The molecular formula is C23H29FN4OS. The van der Waals surface area contributed by atoms with Crippen molar-refractivity contribution in [2.45, 2.75) is 69.7 Å². The number of thioether (sulfide) groups is 1. The summed E-state index contributed by atoms with van der Waals surface area (Å²) in [4.78, 5) is 0. The lowest BCUT2D eigenvalue weighted by atomic mass is 9.84. The van der Waals surface area contributed by atoms with E-state index in [0.717, 1.165) is 41.4 Å². The van der Waals surface area contributed by atoms with Crippen molar-refractivity contribution < 1.29 is 9.13 Å². The first-order valence-electron chi connectivity index (χ1n) is 11.0.